The molecule has 12 heteroatoms. The van der Waals surface area contributed by atoms with E-state index in [1.807, 2.05) is 26.0 Å². The first-order chi connectivity index (χ1) is 18.1. The molecule has 2 aliphatic rings. The normalized spacial score (nSPS) is 20.7. The Balaban J connectivity index is 1.37. The predicted molar refractivity (Wildman–Crippen MR) is 135 cm³/mol. The highest BCUT2D eigenvalue weighted by atomic mass is 32.2. The minimum atomic E-state index is -4.13. The highest BCUT2D eigenvalue weighted by Crippen LogP contribution is 2.34. The Morgan fingerprint density at radius 1 is 1.21 bits per heavy atom. The van der Waals surface area contributed by atoms with Crippen LogP contribution in [0.5, 0.6) is 0 Å². The summed E-state index contributed by atoms with van der Waals surface area (Å²) in [6.45, 7) is 3.60. The molecule has 1 aromatic carbocycles. The van der Waals surface area contributed by atoms with Crippen LogP contribution in [0.3, 0.4) is 0 Å². The van der Waals surface area contributed by atoms with Gasteiger partial charge in [0.05, 0.1) is 12.6 Å². The predicted octanol–water partition coefficient (Wildman–Crippen LogP) is 1.45. The zero-order chi connectivity index (χ0) is 27.2. The molecule has 3 aromatic rings. The van der Waals surface area contributed by atoms with Crippen LogP contribution >= 0.6 is 0 Å². The number of furan rings is 1. The quantitative estimate of drug-likeness (QED) is 0.353. The summed E-state index contributed by atoms with van der Waals surface area (Å²) in [6.07, 6.45) is 2.69. The van der Waals surface area contributed by atoms with Crippen LogP contribution in [0, 0.1) is 11.1 Å². The lowest BCUT2D eigenvalue weighted by molar-refractivity contribution is -0.607. The second kappa shape index (κ2) is 9.84. The van der Waals surface area contributed by atoms with Crippen molar-refractivity contribution in [3.05, 3.63) is 65.8 Å². The smallest absolute Gasteiger partial charge is 0.287 e. The number of likely N-dealkylation sites (tertiary alicyclic amines) is 1. The summed E-state index contributed by atoms with van der Waals surface area (Å²) in [5, 5.41) is 15.2. The van der Waals surface area contributed by atoms with E-state index in [2.05, 4.69) is 5.32 Å². The molecule has 2 aliphatic heterocycles. The molecular weight excluding hydrogens is 512 g/mol. The molecule has 0 saturated carbocycles. The van der Waals surface area contributed by atoms with E-state index in [1.54, 1.807) is 18.2 Å². The van der Waals surface area contributed by atoms with Gasteiger partial charge in [0.2, 0.25) is 15.9 Å². The molecule has 3 unspecified atom stereocenters. The molecule has 5 rings (SSSR count). The third-order valence-corrected chi connectivity index (χ3v) is 8.83. The summed E-state index contributed by atoms with van der Waals surface area (Å²) in [7, 11) is -4.13. The Kier molecular flexibility index (Phi) is 6.70. The molecule has 2 aromatic heterocycles. The first kappa shape index (κ1) is 25.9. The molecule has 0 radical (unpaired) electrons. The van der Waals surface area contributed by atoms with Crippen LogP contribution < -0.4 is 10.0 Å². The topological polar surface area (TPSA) is 144 Å². The molecule has 2 saturated heterocycles. The fourth-order valence-corrected chi connectivity index (χ4v) is 6.91. The van der Waals surface area contributed by atoms with Crippen molar-refractivity contribution in [2.24, 2.45) is 5.92 Å². The van der Waals surface area contributed by atoms with E-state index in [4.69, 9.17) is 4.42 Å². The average molecular weight is 541 g/mol. The third kappa shape index (κ3) is 4.65. The van der Waals surface area contributed by atoms with Crippen molar-refractivity contribution in [1.29, 1.82) is 0 Å². The molecule has 0 bridgehead atoms. The number of nitrogens with zero attached hydrogens (tertiary/aromatic N) is 3. The molecule has 11 nitrogen and oxygen atoms in total. The van der Waals surface area contributed by atoms with Gasteiger partial charge in [-0.05, 0) is 37.0 Å². The summed E-state index contributed by atoms with van der Waals surface area (Å²) in [5.74, 6) is -1.28. The molecule has 3 atom stereocenters. The van der Waals surface area contributed by atoms with Crippen LogP contribution in [0.15, 0.2) is 64.2 Å². The molecule has 2 fully saturated rings. The average Bonchev–Trinajstić information content (AvgIpc) is 3.58. The Morgan fingerprint density at radius 3 is 2.68 bits per heavy atom. The molecule has 2 amide bonds. The van der Waals surface area contributed by atoms with Gasteiger partial charge in [0.1, 0.15) is 22.6 Å². The SMILES string of the molecule is CC(C)CC(NC(=O)c1cc2ccccc2o1)C(=O)N1CCC2C1C(=O)CN2S(=O)(=O)c1ccc[n+]([O-])c1. The van der Waals surface area contributed by atoms with E-state index in [-0.39, 0.29) is 29.5 Å². The van der Waals surface area contributed by atoms with Crippen LogP contribution in [0.2, 0.25) is 0 Å². The van der Waals surface area contributed by atoms with Crippen LogP contribution in [0.4, 0.5) is 0 Å². The number of carbonyl (C=O) groups excluding carboxylic acids is 3. The number of nitrogens with one attached hydrogen (secondary N) is 1. The van der Waals surface area contributed by atoms with Crippen molar-refractivity contribution in [3.63, 3.8) is 0 Å². The van der Waals surface area contributed by atoms with Gasteiger partial charge < -0.3 is 19.8 Å². The first-order valence-corrected chi connectivity index (χ1v) is 13.8. The van der Waals surface area contributed by atoms with Gasteiger partial charge in [-0.3, -0.25) is 14.4 Å². The number of rotatable bonds is 7. The van der Waals surface area contributed by atoms with Crippen molar-refractivity contribution in [2.45, 2.75) is 49.7 Å². The van der Waals surface area contributed by atoms with Gasteiger partial charge >= 0.3 is 0 Å². The number of hydrogen-bond acceptors (Lipinski definition) is 7. The maximum atomic E-state index is 13.7. The zero-order valence-corrected chi connectivity index (χ0v) is 21.8. The van der Waals surface area contributed by atoms with Gasteiger partial charge in [-0.2, -0.15) is 9.04 Å². The fraction of sp³-hybridized carbons (Fsp3) is 0.385. The highest BCUT2D eigenvalue weighted by Gasteiger charge is 2.54. The summed E-state index contributed by atoms with van der Waals surface area (Å²) < 4.78 is 33.6. The largest absolute Gasteiger partial charge is 0.619 e. The van der Waals surface area contributed by atoms with Gasteiger partial charge in [-0.1, -0.05) is 32.0 Å². The number of sulfonamides is 1. The minimum absolute atomic E-state index is 0.0475. The Bertz CT molecular complexity index is 1480. The molecule has 0 aliphatic carbocycles. The zero-order valence-electron chi connectivity index (χ0n) is 20.9. The molecule has 0 spiro atoms. The maximum absolute atomic E-state index is 13.7. The Labute approximate surface area is 219 Å². The fourth-order valence-electron chi connectivity index (χ4n) is 5.28. The van der Waals surface area contributed by atoms with Gasteiger partial charge in [0.25, 0.3) is 5.91 Å². The van der Waals surface area contributed by atoms with E-state index in [1.165, 1.54) is 23.2 Å². The van der Waals surface area contributed by atoms with Crippen LogP contribution in [-0.4, -0.2) is 66.4 Å². The lowest BCUT2D eigenvalue weighted by Crippen LogP contribution is -2.53. The van der Waals surface area contributed by atoms with Gasteiger partial charge in [-0.15, -0.1) is 0 Å². The van der Waals surface area contributed by atoms with Crippen molar-refractivity contribution in [3.8, 4) is 0 Å². The number of para-hydroxylation sites is 1. The van der Waals surface area contributed by atoms with E-state index in [9.17, 15) is 28.0 Å². The maximum Gasteiger partial charge on any atom is 0.287 e. The molecule has 4 heterocycles. The minimum Gasteiger partial charge on any atom is -0.619 e. The molecular formula is C26H28N4O7S. The van der Waals surface area contributed by atoms with Crippen LogP contribution in [-0.2, 0) is 19.6 Å². The van der Waals surface area contributed by atoms with E-state index in [0.29, 0.717) is 16.7 Å². The number of ketones is 1. The molecule has 38 heavy (non-hydrogen) atoms. The second-order valence-corrected chi connectivity index (χ2v) is 11.9. The van der Waals surface area contributed by atoms with Crippen molar-refractivity contribution >= 4 is 38.6 Å². The summed E-state index contributed by atoms with van der Waals surface area (Å²) in [4.78, 5) is 40.9. The van der Waals surface area contributed by atoms with Crippen molar-refractivity contribution in [2.75, 3.05) is 13.1 Å². The summed E-state index contributed by atoms with van der Waals surface area (Å²) in [5.41, 5.74) is 0.547. The number of Topliss-reactive ketones (excluding diaryl/α,β-unsaturated/α-hetero) is 1. The van der Waals surface area contributed by atoms with E-state index >= 15 is 0 Å². The van der Waals surface area contributed by atoms with E-state index in [0.717, 1.165) is 15.9 Å². The summed E-state index contributed by atoms with van der Waals surface area (Å²) >= 11 is 0. The molecule has 1 N–H and O–H groups in total. The third-order valence-electron chi connectivity index (χ3n) is 6.97. The number of amides is 2. The van der Waals surface area contributed by atoms with Crippen molar-refractivity contribution < 1.29 is 31.9 Å². The number of pyridine rings is 1. The van der Waals surface area contributed by atoms with Gasteiger partial charge in [0.15, 0.2) is 23.9 Å². The lowest BCUT2D eigenvalue weighted by atomic mass is 10.0. The molecule has 200 valence electrons. The number of fused-ring (bicyclic) bond motifs is 2. The van der Waals surface area contributed by atoms with E-state index < -0.39 is 52.3 Å². The number of carbonyl (C=O) groups is 3. The first-order valence-electron chi connectivity index (χ1n) is 12.4. The lowest BCUT2D eigenvalue weighted by Gasteiger charge is -2.29. The van der Waals surface area contributed by atoms with Gasteiger partial charge in [0, 0.05) is 18.0 Å². The number of benzene rings is 1. The van der Waals surface area contributed by atoms with Crippen LogP contribution in [0.1, 0.15) is 37.2 Å². The second-order valence-electron chi connectivity index (χ2n) is 10.1. The Morgan fingerprint density at radius 2 is 1.97 bits per heavy atom. The van der Waals surface area contributed by atoms with Crippen molar-refractivity contribution in [1.82, 2.24) is 14.5 Å². The number of aromatic nitrogens is 1. The standard InChI is InChI=1S/C26H28N4O7S/c1-16(2)12-19(27-25(32)23-13-17-6-3-4-8-22(17)37-23)26(33)29-11-9-20-24(29)21(31)15-30(20)38(35,36)18-7-5-10-28(34)14-18/h3-8,10,13-14,16,19-20,24H,9,11-12,15H2,1-2H3,(H,27,32). The summed E-state index contributed by atoms with van der Waals surface area (Å²) in [6, 6.07) is 8.76. The monoisotopic (exact) mass is 540 g/mol. The Hall–Kier alpha value is -3.77. The van der Waals surface area contributed by atoms with Crippen LogP contribution in [0.25, 0.3) is 11.0 Å². The number of hydrogen-bond donors (Lipinski definition) is 1. The highest BCUT2D eigenvalue weighted by molar-refractivity contribution is 7.89. The van der Waals surface area contributed by atoms with Gasteiger partial charge in [-0.25, -0.2) is 8.42 Å².